The molecular formula is C14H26O6. The van der Waals surface area contributed by atoms with Gasteiger partial charge in [-0.2, -0.15) is 0 Å². The summed E-state index contributed by atoms with van der Waals surface area (Å²) in [7, 11) is 0. The topological polar surface area (TPSA) is 73.0 Å². The maximum absolute atomic E-state index is 8.76. The second-order valence-corrected chi connectivity index (χ2v) is 5.88. The Labute approximate surface area is 120 Å². The van der Waals surface area contributed by atoms with Gasteiger partial charge in [0.25, 0.3) is 0 Å². The number of hydrogen-bond donors (Lipinski definition) is 1. The van der Waals surface area contributed by atoms with Crippen molar-refractivity contribution in [3.63, 3.8) is 0 Å². The van der Waals surface area contributed by atoms with Crippen molar-refractivity contribution in [3.05, 3.63) is 0 Å². The molecule has 2 aliphatic rings. The molecule has 2 fully saturated rings. The van der Waals surface area contributed by atoms with Crippen molar-refractivity contribution in [1.82, 2.24) is 0 Å². The van der Waals surface area contributed by atoms with E-state index in [-0.39, 0.29) is 24.2 Å². The number of ether oxygens (including phenoxy) is 5. The Hall–Kier alpha value is -0.240. The quantitative estimate of drug-likeness (QED) is 0.386. The summed E-state index contributed by atoms with van der Waals surface area (Å²) in [5.41, 5.74) is -0.181. The predicted octanol–water partition coefficient (Wildman–Crippen LogP) is 0.223. The average molecular weight is 290 g/mol. The van der Waals surface area contributed by atoms with Gasteiger partial charge < -0.3 is 28.8 Å². The van der Waals surface area contributed by atoms with Crippen LogP contribution in [0.25, 0.3) is 0 Å². The van der Waals surface area contributed by atoms with E-state index in [1.807, 2.05) is 0 Å². The zero-order valence-corrected chi connectivity index (χ0v) is 12.2. The van der Waals surface area contributed by atoms with E-state index in [4.69, 9.17) is 28.8 Å². The summed E-state index contributed by atoms with van der Waals surface area (Å²) >= 11 is 0. The zero-order chi connectivity index (χ0) is 14.3. The van der Waals surface area contributed by atoms with Crippen LogP contribution in [0.1, 0.15) is 13.3 Å². The van der Waals surface area contributed by atoms with Crippen LogP contribution in [-0.4, -0.2) is 76.8 Å². The molecule has 2 heterocycles. The van der Waals surface area contributed by atoms with E-state index in [1.165, 1.54) is 0 Å². The van der Waals surface area contributed by atoms with E-state index in [2.05, 4.69) is 6.92 Å². The highest BCUT2D eigenvalue weighted by Crippen LogP contribution is 2.21. The third-order valence-corrected chi connectivity index (χ3v) is 3.21. The van der Waals surface area contributed by atoms with Crippen LogP contribution < -0.4 is 0 Å². The molecule has 20 heavy (non-hydrogen) atoms. The highest BCUT2D eigenvalue weighted by atomic mass is 16.6. The first-order chi connectivity index (χ1) is 9.72. The second-order valence-electron chi connectivity index (χ2n) is 5.88. The van der Waals surface area contributed by atoms with Crippen molar-refractivity contribution in [2.24, 2.45) is 5.41 Å². The van der Waals surface area contributed by atoms with Gasteiger partial charge in [-0.15, -0.1) is 0 Å². The van der Waals surface area contributed by atoms with E-state index in [9.17, 15) is 0 Å². The van der Waals surface area contributed by atoms with Crippen LogP contribution in [0.5, 0.6) is 0 Å². The van der Waals surface area contributed by atoms with Gasteiger partial charge in [-0.25, -0.2) is 0 Å². The Bertz CT molecular complexity index is 246. The fraction of sp³-hybridized carbons (Fsp3) is 1.00. The third-order valence-electron chi connectivity index (χ3n) is 3.21. The number of aliphatic hydroxyl groups excluding tert-OH is 1. The van der Waals surface area contributed by atoms with Gasteiger partial charge in [0.2, 0.25) is 0 Å². The second kappa shape index (κ2) is 8.26. The molecule has 0 aromatic rings. The standard InChI is InChI=1S/C14H26O6/c1-14(9-16-4-2-3-15,10-17-5-12-7-19-12)11-18-6-13-8-20-13/h12-13,15H,2-11H2,1H3. The maximum atomic E-state index is 8.76. The van der Waals surface area contributed by atoms with Crippen molar-refractivity contribution in [2.75, 3.05) is 59.5 Å². The fourth-order valence-corrected chi connectivity index (χ4v) is 1.81. The molecule has 0 bridgehead atoms. The first kappa shape index (κ1) is 16.1. The van der Waals surface area contributed by atoms with E-state index in [0.717, 1.165) is 13.2 Å². The minimum atomic E-state index is -0.181. The highest BCUT2D eigenvalue weighted by Gasteiger charge is 2.30. The van der Waals surface area contributed by atoms with Crippen molar-refractivity contribution < 1.29 is 28.8 Å². The summed E-state index contributed by atoms with van der Waals surface area (Å²) < 4.78 is 27.2. The van der Waals surface area contributed by atoms with Crippen molar-refractivity contribution >= 4 is 0 Å². The third kappa shape index (κ3) is 6.97. The highest BCUT2D eigenvalue weighted by molar-refractivity contribution is 4.76. The number of rotatable bonds is 13. The fourth-order valence-electron chi connectivity index (χ4n) is 1.81. The van der Waals surface area contributed by atoms with Gasteiger partial charge in [-0.1, -0.05) is 6.92 Å². The van der Waals surface area contributed by atoms with Crippen LogP contribution in [0.4, 0.5) is 0 Å². The molecular weight excluding hydrogens is 264 g/mol. The Morgan fingerprint density at radius 2 is 1.50 bits per heavy atom. The lowest BCUT2D eigenvalue weighted by Crippen LogP contribution is -2.35. The van der Waals surface area contributed by atoms with E-state index in [0.29, 0.717) is 46.1 Å². The summed E-state index contributed by atoms with van der Waals surface area (Å²) in [6.07, 6.45) is 1.20. The van der Waals surface area contributed by atoms with Gasteiger partial charge >= 0.3 is 0 Å². The first-order valence-corrected chi connectivity index (χ1v) is 7.29. The Morgan fingerprint density at radius 3 is 1.95 bits per heavy atom. The summed E-state index contributed by atoms with van der Waals surface area (Å²) in [6.45, 7) is 7.41. The van der Waals surface area contributed by atoms with Crippen LogP contribution in [0.3, 0.4) is 0 Å². The van der Waals surface area contributed by atoms with Gasteiger partial charge in [-0.3, -0.25) is 0 Å². The minimum absolute atomic E-state index is 0.155. The lowest BCUT2D eigenvalue weighted by molar-refractivity contribution is -0.0645. The van der Waals surface area contributed by atoms with Gasteiger partial charge in [0.1, 0.15) is 12.2 Å². The van der Waals surface area contributed by atoms with Crippen molar-refractivity contribution in [1.29, 1.82) is 0 Å². The molecule has 0 aliphatic carbocycles. The van der Waals surface area contributed by atoms with Gasteiger partial charge in [0.15, 0.2) is 0 Å². The molecule has 0 aromatic carbocycles. The predicted molar refractivity (Wildman–Crippen MR) is 71.7 cm³/mol. The Morgan fingerprint density at radius 1 is 1.00 bits per heavy atom. The van der Waals surface area contributed by atoms with E-state index >= 15 is 0 Å². The van der Waals surface area contributed by atoms with E-state index in [1.54, 1.807) is 0 Å². The molecule has 0 saturated carbocycles. The van der Waals surface area contributed by atoms with Crippen LogP contribution >= 0.6 is 0 Å². The first-order valence-electron chi connectivity index (χ1n) is 7.29. The molecule has 2 saturated heterocycles. The summed E-state index contributed by atoms with van der Waals surface area (Å²) in [5.74, 6) is 0. The summed E-state index contributed by atoms with van der Waals surface area (Å²) in [5, 5.41) is 8.76. The molecule has 0 spiro atoms. The minimum Gasteiger partial charge on any atom is -0.396 e. The lowest BCUT2D eigenvalue weighted by Gasteiger charge is -2.28. The van der Waals surface area contributed by atoms with Gasteiger partial charge in [0, 0.05) is 18.6 Å². The molecule has 2 unspecified atom stereocenters. The molecule has 118 valence electrons. The molecule has 2 aliphatic heterocycles. The largest absolute Gasteiger partial charge is 0.396 e. The lowest BCUT2D eigenvalue weighted by atomic mass is 9.94. The van der Waals surface area contributed by atoms with Crippen molar-refractivity contribution in [3.8, 4) is 0 Å². The molecule has 1 N–H and O–H groups in total. The zero-order valence-electron chi connectivity index (χ0n) is 12.2. The maximum Gasteiger partial charge on any atom is 0.104 e. The molecule has 0 amide bonds. The van der Waals surface area contributed by atoms with E-state index < -0.39 is 0 Å². The van der Waals surface area contributed by atoms with Gasteiger partial charge in [-0.05, 0) is 6.42 Å². The average Bonchev–Trinajstić information content (AvgIpc) is 3.28. The molecule has 2 atom stereocenters. The molecule has 6 heteroatoms. The summed E-state index contributed by atoms with van der Waals surface area (Å²) in [6, 6.07) is 0. The van der Waals surface area contributed by atoms with Gasteiger partial charge in [0.05, 0.1) is 46.2 Å². The number of aliphatic hydroxyl groups is 1. The monoisotopic (exact) mass is 290 g/mol. The molecule has 2 rings (SSSR count). The van der Waals surface area contributed by atoms with Crippen LogP contribution in [0.2, 0.25) is 0 Å². The molecule has 6 nitrogen and oxygen atoms in total. The smallest absolute Gasteiger partial charge is 0.104 e. The Balaban J connectivity index is 1.63. The Kier molecular flexibility index (Phi) is 6.67. The molecule has 0 aromatic heterocycles. The molecule has 0 radical (unpaired) electrons. The normalized spacial score (nSPS) is 27.3. The number of hydrogen-bond acceptors (Lipinski definition) is 6. The van der Waals surface area contributed by atoms with Crippen LogP contribution in [-0.2, 0) is 23.7 Å². The van der Waals surface area contributed by atoms with Crippen LogP contribution in [0, 0.1) is 5.41 Å². The SMILES string of the molecule is CC(COCCCO)(COCC1CO1)COCC1CO1. The van der Waals surface area contributed by atoms with Crippen molar-refractivity contribution in [2.45, 2.75) is 25.6 Å². The summed E-state index contributed by atoms with van der Waals surface area (Å²) in [4.78, 5) is 0. The van der Waals surface area contributed by atoms with Crippen LogP contribution in [0.15, 0.2) is 0 Å². The number of epoxide rings is 2.